The summed E-state index contributed by atoms with van der Waals surface area (Å²) in [7, 11) is 0. The van der Waals surface area contributed by atoms with Gasteiger partial charge in [0, 0.05) is 11.1 Å². The van der Waals surface area contributed by atoms with Crippen LogP contribution >= 0.6 is 0 Å². The lowest BCUT2D eigenvalue weighted by Gasteiger charge is -2.17. The van der Waals surface area contributed by atoms with Crippen molar-refractivity contribution in [2.75, 3.05) is 0 Å². The fraction of sp³-hybridized carbons (Fsp3) is 0.105. The SMILES string of the molecule is [C-]#[N+]/C(C#N)=C1C2=C(/C(=C(\C#N)[N+]#[C-])c3cc(-c4cc(C)cc(C)c4)ccc32)c2ccc(-c3cc(C(F)(F)F)cc(C(F)(F)F)c3)cc2\1. The maximum Gasteiger partial charge on any atom is 0.416 e. The van der Waals surface area contributed by atoms with E-state index in [9.17, 15) is 36.9 Å². The van der Waals surface area contributed by atoms with E-state index in [2.05, 4.69) is 9.69 Å². The Kier molecular flexibility index (Phi) is 7.35. The second-order valence-electron chi connectivity index (χ2n) is 11.3. The average molecular weight is 645 g/mol. The first-order chi connectivity index (χ1) is 22.7. The van der Waals surface area contributed by atoms with Gasteiger partial charge in [-0.05, 0) is 99.8 Å². The molecular formula is C38H18F6N4. The topological polar surface area (TPSA) is 56.3 Å². The van der Waals surface area contributed by atoms with Crippen LogP contribution in [0.1, 0.15) is 44.5 Å². The molecule has 0 saturated heterocycles. The van der Waals surface area contributed by atoms with E-state index < -0.39 is 23.5 Å². The first kappa shape index (κ1) is 31.6. The van der Waals surface area contributed by atoms with Gasteiger partial charge in [0.2, 0.25) is 0 Å². The van der Waals surface area contributed by atoms with Crippen molar-refractivity contribution in [1.29, 1.82) is 10.5 Å². The summed E-state index contributed by atoms with van der Waals surface area (Å²) in [5.74, 6) is 0. The van der Waals surface area contributed by atoms with Gasteiger partial charge >= 0.3 is 12.4 Å². The molecule has 232 valence electrons. The van der Waals surface area contributed by atoms with Crippen LogP contribution in [0.15, 0.2) is 84.2 Å². The maximum atomic E-state index is 13.7. The van der Waals surface area contributed by atoms with Crippen molar-refractivity contribution in [1.82, 2.24) is 0 Å². The minimum Gasteiger partial charge on any atom is -0.226 e. The minimum absolute atomic E-state index is 0.0205. The minimum atomic E-state index is -5.06. The van der Waals surface area contributed by atoms with Crippen molar-refractivity contribution < 1.29 is 26.3 Å². The summed E-state index contributed by atoms with van der Waals surface area (Å²) >= 11 is 0. The van der Waals surface area contributed by atoms with Gasteiger partial charge in [-0.2, -0.15) is 26.3 Å². The summed E-state index contributed by atoms with van der Waals surface area (Å²) in [4.78, 5) is 6.88. The summed E-state index contributed by atoms with van der Waals surface area (Å²) in [5, 5.41) is 20.1. The van der Waals surface area contributed by atoms with Crippen LogP contribution in [0, 0.1) is 49.7 Å². The molecule has 0 unspecified atom stereocenters. The lowest BCUT2D eigenvalue weighted by molar-refractivity contribution is -0.143. The number of allylic oxidation sites excluding steroid dienone is 6. The molecule has 0 saturated carbocycles. The van der Waals surface area contributed by atoms with Gasteiger partial charge in [-0.3, -0.25) is 0 Å². The third kappa shape index (κ3) is 5.11. The highest BCUT2D eigenvalue weighted by Gasteiger charge is 2.41. The molecule has 0 spiro atoms. The monoisotopic (exact) mass is 644 g/mol. The molecule has 0 N–H and O–H groups in total. The zero-order valence-electron chi connectivity index (χ0n) is 25.0. The Labute approximate surface area is 271 Å². The van der Waals surface area contributed by atoms with Crippen LogP contribution < -0.4 is 0 Å². The molecule has 0 aliphatic heterocycles. The zero-order chi connectivity index (χ0) is 34.7. The van der Waals surface area contributed by atoms with E-state index in [1.165, 1.54) is 18.2 Å². The summed E-state index contributed by atoms with van der Waals surface area (Å²) in [5.41, 5.74) is 2.47. The summed E-state index contributed by atoms with van der Waals surface area (Å²) in [6, 6.07) is 20.6. The Balaban J connectivity index is 1.63. The van der Waals surface area contributed by atoms with Crippen molar-refractivity contribution >= 4 is 22.3 Å². The molecule has 10 heteroatoms. The first-order valence-corrected chi connectivity index (χ1v) is 14.2. The van der Waals surface area contributed by atoms with Crippen molar-refractivity contribution in [3.8, 4) is 34.4 Å². The largest absolute Gasteiger partial charge is 0.416 e. The number of hydrogen-bond donors (Lipinski definition) is 0. The Bertz CT molecular complexity index is 2290. The third-order valence-corrected chi connectivity index (χ3v) is 8.25. The maximum absolute atomic E-state index is 13.7. The van der Waals surface area contributed by atoms with Crippen LogP contribution in [0.3, 0.4) is 0 Å². The second kappa shape index (κ2) is 11.2. The van der Waals surface area contributed by atoms with Crippen molar-refractivity contribution in [3.63, 3.8) is 0 Å². The summed E-state index contributed by atoms with van der Waals surface area (Å²) < 4.78 is 82.1. The summed E-state index contributed by atoms with van der Waals surface area (Å²) in [6.07, 6.45) is -10.1. The Morgan fingerprint density at radius 1 is 0.542 bits per heavy atom. The fourth-order valence-corrected chi connectivity index (χ4v) is 6.38. The lowest BCUT2D eigenvalue weighted by atomic mass is 9.87. The smallest absolute Gasteiger partial charge is 0.226 e. The molecule has 48 heavy (non-hydrogen) atoms. The van der Waals surface area contributed by atoms with Crippen LogP contribution in [0.25, 0.3) is 54.2 Å². The van der Waals surface area contributed by atoms with Gasteiger partial charge in [0.15, 0.2) is 0 Å². The quantitative estimate of drug-likeness (QED) is 0.124. The number of aryl methyl sites for hydroxylation is 2. The predicted octanol–water partition coefficient (Wildman–Crippen LogP) is 10.9. The first-order valence-electron chi connectivity index (χ1n) is 14.2. The highest BCUT2D eigenvalue weighted by molar-refractivity contribution is 6.37. The van der Waals surface area contributed by atoms with Crippen LogP contribution in [-0.4, -0.2) is 0 Å². The number of nitriles is 2. The Hall–Kier alpha value is -6.36. The number of rotatable bonds is 2. The molecule has 2 aliphatic rings. The van der Waals surface area contributed by atoms with E-state index in [4.69, 9.17) is 13.1 Å². The molecule has 0 fully saturated rings. The van der Waals surface area contributed by atoms with Gasteiger partial charge in [0.1, 0.15) is 0 Å². The predicted molar refractivity (Wildman–Crippen MR) is 168 cm³/mol. The molecule has 4 aromatic rings. The lowest BCUT2D eigenvalue weighted by Crippen LogP contribution is -2.11. The van der Waals surface area contributed by atoms with Crippen molar-refractivity contribution in [2.45, 2.75) is 26.2 Å². The molecule has 0 amide bonds. The van der Waals surface area contributed by atoms with Crippen LogP contribution in [-0.2, 0) is 12.4 Å². The van der Waals surface area contributed by atoms with Crippen LogP contribution in [0.4, 0.5) is 26.3 Å². The molecule has 6 rings (SSSR count). The van der Waals surface area contributed by atoms with Gasteiger partial charge in [-0.1, -0.05) is 53.6 Å². The van der Waals surface area contributed by atoms with E-state index in [-0.39, 0.29) is 45.3 Å². The second-order valence-corrected chi connectivity index (χ2v) is 11.3. The Morgan fingerprint density at radius 2 is 0.938 bits per heavy atom. The number of halogens is 6. The van der Waals surface area contributed by atoms with Gasteiger partial charge in [0.25, 0.3) is 11.4 Å². The fourth-order valence-electron chi connectivity index (χ4n) is 6.38. The highest BCUT2D eigenvalue weighted by Crippen LogP contribution is 2.60. The van der Waals surface area contributed by atoms with Crippen LogP contribution in [0.5, 0.6) is 0 Å². The molecule has 0 aromatic heterocycles. The van der Waals surface area contributed by atoms with Gasteiger partial charge in [0.05, 0.1) is 36.4 Å². The van der Waals surface area contributed by atoms with E-state index in [1.807, 2.05) is 56.3 Å². The van der Waals surface area contributed by atoms with Gasteiger partial charge in [-0.25, -0.2) is 20.2 Å². The molecule has 0 bridgehead atoms. The number of hydrogen-bond acceptors (Lipinski definition) is 2. The van der Waals surface area contributed by atoms with Gasteiger partial charge < -0.3 is 0 Å². The Morgan fingerprint density at radius 3 is 1.29 bits per heavy atom. The third-order valence-electron chi connectivity index (χ3n) is 8.25. The van der Waals surface area contributed by atoms with Crippen LogP contribution in [0.2, 0.25) is 0 Å². The van der Waals surface area contributed by atoms with Gasteiger partial charge in [-0.15, -0.1) is 0 Å². The average Bonchev–Trinajstić information content (AvgIpc) is 3.53. The molecule has 4 nitrogen and oxygen atoms in total. The van der Waals surface area contributed by atoms with E-state index in [0.29, 0.717) is 40.0 Å². The number of benzene rings is 4. The molecule has 4 aromatic carbocycles. The molecular weight excluding hydrogens is 626 g/mol. The molecule has 2 aliphatic carbocycles. The number of nitrogens with zero attached hydrogens (tertiary/aromatic N) is 4. The number of fused-ring (bicyclic) bond motifs is 4. The zero-order valence-corrected chi connectivity index (χ0v) is 25.0. The molecule has 0 heterocycles. The number of alkyl halides is 6. The summed E-state index contributed by atoms with van der Waals surface area (Å²) in [6.45, 7) is 19.5. The van der Waals surface area contributed by atoms with Crippen molar-refractivity contribution in [2.24, 2.45) is 0 Å². The van der Waals surface area contributed by atoms with E-state index in [0.717, 1.165) is 22.3 Å². The highest BCUT2D eigenvalue weighted by atomic mass is 19.4. The normalized spacial score (nSPS) is 15.4. The molecule has 0 radical (unpaired) electrons. The van der Waals surface area contributed by atoms with Crippen molar-refractivity contribution in [3.05, 3.63) is 152 Å². The van der Waals surface area contributed by atoms with E-state index >= 15 is 0 Å². The molecule has 0 atom stereocenters. The standard InChI is InChI=1S/C38H18F6N4/c1-19-9-20(2)11-23(10-19)21-5-7-27-29(14-21)33(31(17-45)47-3)36-28-8-6-22(15-30(28)34(35(27)36)32(18-46)48-4)24-12-25(37(39,40)41)16-26(13-24)38(42,43)44/h5-16H,1-2H3/b33-31+,34-32-. The van der Waals surface area contributed by atoms with E-state index in [1.54, 1.807) is 6.07 Å².